The second kappa shape index (κ2) is 9.65. The van der Waals surface area contributed by atoms with Crippen molar-refractivity contribution in [1.29, 1.82) is 0 Å². The fraction of sp³-hybridized carbons (Fsp3) is 0.240. The van der Waals surface area contributed by atoms with Crippen LogP contribution in [0, 0.1) is 6.92 Å². The smallest absolute Gasteiger partial charge is 0.324 e. The molecule has 4 rings (SSSR count). The van der Waals surface area contributed by atoms with E-state index in [0.29, 0.717) is 10.6 Å². The van der Waals surface area contributed by atoms with Crippen molar-refractivity contribution in [2.45, 2.75) is 30.1 Å². The van der Waals surface area contributed by atoms with Crippen molar-refractivity contribution < 1.29 is 18.5 Å². The number of nitrogens with one attached hydrogen (secondary N) is 1. The number of nitrogens with zero attached hydrogens (tertiary/aromatic N) is 1. The molecule has 1 aliphatic rings. The molecular formula is C25H26N2O4S. The summed E-state index contributed by atoms with van der Waals surface area (Å²) in [6.07, 6.45) is -0.450. The summed E-state index contributed by atoms with van der Waals surface area (Å²) in [5.74, 6) is 0.301. The molecule has 0 aliphatic carbocycles. The van der Waals surface area contributed by atoms with Gasteiger partial charge in [-0.25, -0.2) is 4.21 Å². The molecule has 7 heteroatoms. The molecule has 0 bridgehead atoms. The van der Waals surface area contributed by atoms with Gasteiger partial charge in [0.25, 0.3) is 0 Å². The first kappa shape index (κ1) is 22.2. The zero-order valence-corrected chi connectivity index (χ0v) is 19.0. The van der Waals surface area contributed by atoms with E-state index in [1.807, 2.05) is 90.1 Å². The monoisotopic (exact) mass is 450 g/mol. The molecule has 0 aromatic heterocycles. The molecule has 166 valence electrons. The van der Waals surface area contributed by atoms with E-state index in [1.54, 1.807) is 7.11 Å². The summed E-state index contributed by atoms with van der Waals surface area (Å²) < 4.78 is 26.2. The number of aryl methyl sites for hydroxylation is 1. The largest absolute Gasteiger partial charge is 0.497 e. The van der Waals surface area contributed by atoms with Crippen LogP contribution in [0.2, 0.25) is 0 Å². The minimum absolute atomic E-state index is 0.407. The lowest BCUT2D eigenvalue weighted by molar-refractivity contribution is -0.143. The topological polar surface area (TPSA) is 67.9 Å². The van der Waals surface area contributed by atoms with Crippen molar-refractivity contribution >= 4 is 17.0 Å². The molecule has 0 spiro atoms. The molecule has 0 saturated carbocycles. The zero-order chi connectivity index (χ0) is 22.7. The SMILES string of the molecule is COC(=O)[C@H]1N[C@H](c2ccccc2)N(S(=O)c2ccc(C)cc2)[C@@H]1c1ccc(OC)cc1. The van der Waals surface area contributed by atoms with Gasteiger partial charge in [-0.2, -0.15) is 4.31 Å². The van der Waals surface area contributed by atoms with Crippen molar-refractivity contribution in [2.24, 2.45) is 0 Å². The van der Waals surface area contributed by atoms with Crippen LogP contribution in [0.1, 0.15) is 28.9 Å². The van der Waals surface area contributed by atoms with Gasteiger partial charge in [0.05, 0.1) is 31.3 Å². The van der Waals surface area contributed by atoms with Crippen LogP contribution in [-0.4, -0.2) is 34.7 Å². The van der Waals surface area contributed by atoms with E-state index in [2.05, 4.69) is 5.32 Å². The van der Waals surface area contributed by atoms with Gasteiger partial charge in [-0.05, 0) is 42.3 Å². The van der Waals surface area contributed by atoms with Crippen molar-refractivity contribution in [3.8, 4) is 5.75 Å². The molecule has 6 nitrogen and oxygen atoms in total. The fourth-order valence-corrected chi connectivity index (χ4v) is 5.40. The molecule has 3 aromatic carbocycles. The highest BCUT2D eigenvalue weighted by Gasteiger charge is 2.49. The van der Waals surface area contributed by atoms with Crippen LogP contribution in [-0.2, 0) is 20.5 Å². The summed E-state index contributed by atoms with van der Waals surface area (Å²) >= 11 is 0. The molecule has 3 aromatic rings. The van der Waals surface area contributed by atoms with E-state index in [0.717, 1.165) is 16.7 Å². The maximum absolute atomic E-state index is 13.9. The van der Waals surface area contributed by atoms with Crippen LogP contribution < -0.4 is 10.1 Å². The number of carbonyl (C=O) groups is 1. The van der Waals surface area contributed by atoms with E-state index in [4.69, 9.17) is 9.47 Å². The van der Waals surface area contributed by atoms with Gasteiger partial charge in [-0.3, -0.25) is 10.1 Å². The Balaban J connectivity index is 1.84. The predicted molar refractivity (Wildman–Crippen MR) is 123 cm³/mol. The lowest BCUT2D eigenvalue weighted by Gasteiger charge is -2.29. The average Bonchev–Trinajstić information content (AvgIpc) is 3.25. The number of rotatable bonds is 6. The maximum Gasteiger partial charge on any atom is 0.324 e. The summed E-state index contributed by atoms with van der Waals surface area (Å²) in [6, 6.07) is 23.6. The van der Waals surface area contributed by atoms with Gasteiger partial charge in [0.2, 0.25) is 0 Å². The zero-order valence-electron chi connectivity index (χ0n) is 18.2. The van der Waals surface area contributed by atoms with Crippen LogP contribution in [0.4, 0.5) is 0 Å². The number of carbonyl (C=O) groups excluding carboxylic acids is 1. The standard InChI is InChI=1S/C25H26N2O4S/c1-17-9-15-21(16-10-17)32(29)27-23(18-11-13-20(30-2)14-12-18)22(25(28)31-3)26-24(27)19-7-5-4-6-8-19/h4-16,22-24,26H,1-3H3/t22-,23+,24-,32?/m0/s1. The molecule has 1 N–H and O–H groups in total. The Labute approximate surface area is 190 Å². The normalized spacial score (nSPS) is 21.8. The third kappa shape index (κ3) is 4.32. The molecule has 32 heavy (non-hydrogen) atoms. The Hall–Kier alpha value is -3.00. The van der Waals surface area contributed by atoms with Crippen LogP contribution in [0.25, 0.3) is 0 Å². The highest BCUT2D eigenvalue weighted by atomic mass is 32.2. The summed E-state index contributed by atoms with van der Waals surface area (Å²) in [7, 11) is 1.43. The molecule has 0 amide bonds. The number of hydrogen-bond acceptors (Lipinski definition) is 5. The first-order valence-corrected chi connectivity index (χ1v) is 11.4. The van der Waals surface area contributed by atoms with Crippen molar-refractivity contribution in [2.75, 3.05) is 14.2 Å². The van der Waals surface area contributed by atoms with Crippen LogP contribution >= 0.6 is 0 Å². The number of methoxy groups -OCH3 is 2. The Morgan fingerprint density at radius 1 is 0.906 bits per heavy atom. The van der Waals surface area contributed by atoms with E-state index < -0.39 is 35.2 Å². The quantitative estimate of drug-likeness (QED) is 0.577. The molecule has 4 atom stereocenters. The fourth-order valence-electron chi connectivity index (χ4n) is 3.96. The van der Waals surface area contributed by atoms with Crippen molar-refractivity contribution in [1.82, 2.24) is 9.62 Å². The van der Waals surface area contributed by atoms with Crippen LogP contribution in [0.5, 0.6) is 5.75 Å². The molecule has 1 aliphatic heterocycles. The third-order valence-corrected chi connectivity index (χ3v) is 7.12. The Morgan fingerprint density at radius 3 is 2.16 bits per heavy atom. The Morgan fingerprint density at radius 2 is 1.56 bits per heavy atom. The maximum atomic E-state index is 13.9. The van der Waals surface area contributed by atoms with Crippen LogP contribution in [0.3, 0.4) is 0 Å². The van der Waals surface area contributed by atoms with Crippen molar-refractivity contribution in [3.05, 3.63) is 95.6 Å². The third-order valence-electron chi connectivity index (χ3n) is 5.62. The van der Waals surface area contributed by atoms with Crippen molar-refractivity contribution in [3.63, 3.8) is 0 Å². The number of hydrogen-bond donors (Lipinski definition) is 1. The molecular weight excluding hydrogens is 424 g/mol. The van der Waals surface area contributed by atoms with Gasteiger partial charge in [-0.1, -0.05) is 60.2 Å². The highest BCUT2D eigenvalue weighted by molar-refractivity contribution is 7.82. The molecule has 0 radical (unpaired) electrons. The van der Waals surface area contributed by atoms with E-state index in [-0.39, 0.29) is 0 Å². The van der Waals surface area contributed by atoms with E-state index in [9.17, 15) is 9.00 Å². The summed E-state index contributed by atoms with van der Waals surface area (Å²) in [6.45, 7) is 1.99. The van der Waals surface area contributed by atoms with Gasteiger partial charge in [0.1, 0.15) is 22.8 Å². The number of benzene rings is 3. The first-order chi connectivity index (χ1) is 15.5. The summed E-state index contributed by atoms with van der Waals surface area (Å²) in [5, 5.41) is 3.37. The predicted octanol–water partition coefficient (Wildman–Crippen LogP) is 3.91. The number of ether oxygens (including phenoxy) is 2. The van der Waals surface area contributed by atoms with Gasteiger partial charge in [0.15, 0.2) is 0 Å². The van der Waals surface area contributed by atoms with Gasteiger partial charge in [-0.15, -0.1) is 0 Å². The number of esters is 1. The van der Waals surface area contributed by atoms with E-state index >= 15 is 0 Å². The van der Waals surface area contributed by atoms with Gasteiger partial charge >= 0.3 is 5.97 Å². The highest BCUT2D eigenvalue weighted by Crippen LogP contribution is 2.42. The molecule has 1 fully saturated rings. The summed E-state index contributed by atoms with van der Waals surface area (Å²) in [5.41, 5.74) is 2.84. The summed E-state index contributed by atoms with van der Waals surface area (Å²) in [4.78, 5) is 13.5. The minimum Gasteiger partial charge on any atom is -0.497 e. The molecule has 1 heterocycles. The lowest BCUT2D eigenvalue weighted by Crippen LogP contribution is -2.37. The second-order valence-corrected chi connectivity index (χ2v) is 9.01. The van der Waals surface area contributed by atoms with E-state index in [1.165, 1.54) is 7.11 Å². The first-order valence-electron chi connectivity index (χ1n) is 10.3. The average molecular weight is 451 g/mol. The lowest BCUT2D eigenvalue weighted by atomic mass is 10.0. The Kier molecular flexibility index (Phi) is 6.69. The second-order valence-electron chi connectivity index (χ2n) is 7.62. The minimum atomic E-state index is -1.54. The molecule has 1 unspecified atom stereocenters. The van der Waals surface area contributed by atoms with Crippen LogP contribution in [0.15, 0.2) is 83.8 Å². The Bertz CT molecular complexity index is 1090. The molecule has 1 saturated heterocycles. The van der Waals surface area contributed by atoms with Gasteiger partial charge < -0.3 is 9.47 Å². The van der Waals surface area contributed by atoms with Gasteiger partial charge in [0, 0.05) is 0 Å².